The van der Waals surface area contributed by atoms with E-state index in [9.17, 15) is 9.59 Å². The van der Waals surface area contributed by atoms with Crippen LogP contribution in [0.25, 0.3) is 0 Å². The van der Waals surface area contributed by atoms with Crippen LogP contribution in [-0.4, -0.2) is 67.2 Å². The fourth-order valence-corrected chi connectivity index (χ4v) is 2.32. The Kier molecular flexibility index (Phi) is 4.41. The number of amides is 3. The minimum atomic E-state index is -0.446. The van der Waals surface area contributed by atoms with Gasteiger partial charge in [0.1, 0.15) is 6.04 Å². The Balaban J connectivity index is 1.80. The summed E-state index contributed by atoms with van der Waals surface area (Å²) >= 11 is 0. The third-order valence-electron chi connectivity index (χ3n) is 3.43. The molecule has 6 heteroatoms. The molecule has 0 aromatic heterocycles. The average Bonchev–Trinajstić information content (AvgIpc) is 2.92. The van der Waals surface area contributed by atoms with Crippen LogP contribution in [0.15, 0.2) is 0 Å². The van der Waals surface area contributed by atoms with Crippen LogP contribution in [0, 0.1) is 0 Å². The summed E-state index contributed by atoms with van der Waals surface area (Å²) in [6, 6.07) is -0.614. The van der Waals surface area contributed by atoms with E-state index in [4.69, 9.17) is 4.74 Å². The summed E-state index contributed by atoms with van der Waals surface area (Å²) in [4.78, 5) is 27.5. The minimum Gasteiger partial charge on any atom is -0.378 e. The lowest BCUT2D eigenvalue weighted by atomic mass is 10.3. The van der Waals surface area contributed by atoms with Crippen molar-refractivity contribution in [3.8, 4) is 0 Å². The predicted molar refractivity (Wildman–Crippen MR) is 66.2 cm³/mol. The molecule has 18 heavy (non-hydrogen) atoms. The number of nitrogens with zero attached hydrogens (tertiary/aromatic N) is 2. The first-order valence-electron chi connectivity index (χ1n) is 6.60. The SMILES string of the molecule is C[C@H](NC(=O)N1CCOCC1)C(=O)N1CCCC1. The number of morpholine rings is 1. The van der Waals surface area contributed by atoms with Crippen LogP contribution in [0.1, 0.15) is 19.8 Å². The van der Waals surface area contributed by atoms with Gasteiger partial charge in [0.15, 0.2) is 0 Å². The number of urea groups is 1. The van der Waals surface area contributed by atoms with Gasteiger partial charge in [-0.25, -0.2) is 4.79 Å². The van der Waals surface area contributed by atoms with Crippen LogP contribution in [0.4, 0.5) is 4.79 Å². The van der Waals surface area contributed by atoms with Crippen LogP contribution in [0.2, 0.25) is 0 Å². The maximum absolute atomic E-state index is 12.0. The summed E-state index contributed by atoms with van der Waals surface area (Å²) in [6.07, 6.45) is 2.13. The van der Waals surface area contributed by atoms with E-state index in [1.807, 2.05) is 4.90 Å². The summed E-state index contributed by atoms with van der Waals surface area (Å²) in [5.74, 6) is 0.0223. The van der Waals surface area contributed by atoms with Gasteiger partial charge >= 0.3 is 6.03 Å². The van der Waals surface area contributed by atoms with Crippen molar-refractivity contribution >= 4 is 11.9 Å². The number of carbonyl (C=O) groups is 2. The van der Waals surface area contributed by atoms with Gasteiger partial charge in [-0.2, -0.15) is 0 Å². The molecule has 0 saturated carbocycles. The molecule has 0 spiro atoms. The highest BCUT2D eigenvalue weighted by Gasteiger charge is 2.26. The Morgan fingerprint density at radius 3 is 2.28 bits per heavy atom. The Morgan fingerprint density at radius 1 is 1.06 bits per heavy atom. The molecule has 3 amide bonds. The summed E-state index contributed by atoms with van der Waals surface area (Å²) in [6.45, 7) is 5.71. The van der Waals surface area contributed by atoms with Gasteiger partial charge in [0, 0.05) is 26.2 Å². The van der Waals surface area contributed by atoms with Gasteiger partial charge in [0.05, 0.1) is 13.2 Å². The van der Waals surface area contributed by atoms with Crippen molar-refractivity contribution in [2.45, 2.75) is 25.8 Å². The molecule has 0 aliphatic carbocycles. The molecule has 2 saturated heterocycles. The molecule has 2 aliphatic heterocycles. The maximum Gasteiger partial charge on any atom is 0.318 e. The number of likely N-dealkylation sites (tertiary alicyclic amines) is 1. The van der Waals surface area contributed by atoms with E-state index in [1.165, 1.54) is 0 Å². The number of rotatable bonds is 2. The van der Waals surface area contributed by atoms with Gasteiger partial charge in [-0.15, -0.1) is 0 Å². The van der Waals surface area contributed by atoms with Crippen LogP contribution in [0.5, 0.6) is 0 Å². The summed E-state index contributed by atoms with van der Waals surface area (Å²) < 4.78 is 5.19. The molecule has 2 fully saturated rings. The predicted octanol–water partition coefficient (Wildman–Crippen LogP) is 0.0391. The van der Waals surface area contributed by atoms with Crippen LogP contribution in [0.3, 0.4) is 0 Å². The smallest absolute Gasteiger partial charge is 0.318 e. The fourth-order valence-electron chi connectivity index (χ4n) is 2.32. The van der Waals surface area contributed by atoms with Gasteiger partial charge in [-0.05, 0) is 19.8 Å². The van der Waals surface area contributed by atoms with Crippen molar-refractivity contribution in [2.75, 3.05) is 39.4 Å². The highest BCUT2D eigenvalue weighted by molar-refractivity contribution is 5.86. The number of hydrogen-bond acceptors (Lipinski definition) is 3. The van der Waals surface area contributed by atoms with E-state index in [0.717, 1.165) is 25.9 Å². The molecule has 102 valence electrons. The van der Waals surface area contributed by atoms with Crippen LogP contribution in [-0.2, 0) is 9.53 Å². The standard InChI is InChI=1S/C12H21N3O3/c1-10(11(16)14-4-2-3-5-14)13-12(17)15-6-8-18-9-7-15/h10H,2-9H2,1H3,(H,13,17)/t10-/m0/s1. The van der Waals surface area contributed by atoms with Gasteiger partial charge in [0.25, 0.3) is 0 Å². The largest absolute Gasteiger partial charge is 0.378 e. The van der Waals surface area contributed by atoms with E-state index in [1.54, 1.807) is 11.8 Å². The lowest BCUT2D eigenvalue weighted by molar-refractivity contribution is -0.131. The van der Waals surface area contributed by atoms with Crippen molar-refractivity contribution in [1.29, 1.82) is 0 Å². The van der Waals surface area contributed by atoms with E-state index in [-0.39, 0.29) is 11.9 Å². The van der Waals surface area contributed by atoms with E-state index >= 15 is 0 Å². The maximum atomic E-state index is 12.0. The monoisotopic (exact) mass is 255 g/mol. The highest BCUT2D eigenvalue weighted by Crippen LogP contribution is 2.09. The summed E-state index contributed by atoms with van der Waals surface area (Å²) in [5.41, 5.74) is 0. The van der Waals surface area contributed by atoms with Crippen molar-refractivity contribution < 1.29 is 14.3 Å². The second kappa shape index (κ2) is 6.04. The number of ether oxygens (including phenoxy) is 1. The first-order chi connectivity index (χ1) is 8.68. The molecule has 0 unspecified atom stereocenters. The zero-order valence-corrected chi connectivity index (χ0v) is 10.9. The molecule has 1 atom stereocenters. The normalized spacial score (nSPS) is 21.8. The molecule has 2 aliphatic rings. The molecule has 2 heterocycles. The third kappa shape index (κ3) is 3.13. The Bertz CT molecular complexity index is 310. The second-order valence-corrected chi connectivity index (χ2v) is 4.80. The van der Waals surface area contributed by atoms with Gasteiger partial charge < -0.3 is 19.9 Å². The molecule has 2 rings (SSSR count). The quantitative estimate of drug-likeness (QED) is 0.758. The minimum absolute atomic E-state index is 0.0223. The Morgan fingerprint density at radius 2 is 1.67 bits per heavy atom. The van der Waals surface area contributed by atoms with Gasteiger partial charge in [-0.3, -0.25) is 4.79 Å². The molecular weight excluding hydrogens is 234 g/mol. The Labute approximate surface area is 107 Å². The second-order valence-electron chi connectivity index (χ2n) is 4.80. The van der Waals surface area contributed by atoms with Crippen molar-refractivity contribution in [3.63, 3.8) is 0 Å². The topological polar surface area (TPSA) is 61.9 Å². The lowest BCUT2D eigenvalue weighted by Crippen LogP contribution is -2.52. The number of nitrogens with one attached hydrogen (secondary N) is 1. The first kappa shape index (κ1) is 13.1. The average molecular weight is 255 g/mol. The van der Waals surface area contributed by atoms with Crippen molar-refractivity contribution in [1.82, 2.24) is 15.1 Å². The zero-order valence-electron chi connectivity index (χ0n) is 10.9. The molecule has 1 N–H and O–H groups in total. The van der Waals surface area contributed by atoms with E-state index in [2.05, 4.69) is 5.32 Å². The number of hydrogen-bond donors (Lipinski definition) is 1. The van der Waals surface area contributed by atoms with Crippen LogP contribution >= 0.6 is 0 Å². The number of carbonyl (C=O) groups excluding carboxylic acids is 2. The van der Waals surface area contributed by atoms with Gasteiger partial charge in [-0.1, -0.05) is 0 Å². The van der Waals surface area contributed by atoms with Crippen molar-refractivity contribution in [2.24, 2.45) is 0 Å². The molecule has 0 radical (unpaired) electrons. The molecule has 6 nitrogen and oxygen atoms in total. The molecule has 0 aromatic carbocycles. The lowest BCUT2D eigenvalue weighted by Gasteiger charge is -2.29. The fraction of sp³-hybridized carbons (Fsp3) is 0.833. The van der Waals surface area contributed by atoms with E-state index < -0.39 is 6.04 Å². The Hall–Kier alpha value is -1.30. The van der Waals surface area contributed by atoms with Crippen LogP contribution < -0.4 is 5.32 Å². The highest BCUT2D eigenvalue weighted by atomic mass is 16.5. The van der Waals surface area contributed by atoms with Gasteiger partial charge in [0.2, 0.25) is 5.91 Å². The van der Waals surface area contributed by atoms with E-state index in [0.29, 0.717) is 26.3 Å². The summed E-state index contributed by atoms with van der Waals surface area (Å²) in [5, 5.41) is 2.77. The molecular formula is C12H21N3O3. The van der Waals surface area contributed by atoms with Crippen molar-refractivity contribution in [3.05, 3.63) is 0 Å². The molecule has 0 aromatic rings. The summed E-state index contributed by atoms with van der Waals surface area (Å²) in [7, 11) is 0. The zero-order chi connectivity index (χ0) is 13.0. The first-order valence-corrected chi connectivity index (χ1v) is 6.60. The third-order valence-corrected chi connectivity index (χ3v) is 3.43. The molecule has 0 bridgehead atoms.